The fourth-order valence-electron chi connectivity index (χ4n) is 4.73. The molecule has 1 spiro atoms. The quantitative estimate of drug-likeness (QED) is 0.693. The fourth-order valence-corrected chi connectivity index (χ4v) is 5.62. The molecule has 1 saturated carbocycles. The van der Waals surface area contributed by atoms with Crippen LogP contribution in [0, 0.1) is 10.8 Å². The molecule has 0 radical (unpaired) electrons. The highest BCUT2D eigenvalue weighted by Crippen LogP contribution is 2.57. The Labute approximate surface area is 157 Å². The molecule has 5 heteroatoms. The molecule has 2 aliphatic carbocycles. The molecule has 1 atom stereocenters. The summed E-state index contributed by atoms with van der Waals surface area (Å²) in [6.45, 7) is 7.92. The van der Waals surface area contributed by atoms with Crippen LogP contribution in [0.15, 0.2) is 28.8 Å². The van der Waals surface area contributed by atoms with Gasteiger partial charge in [0.15, 0.2) is 17.3 Å². The van der Waals surface area contributed by atoms with Crippen molar-refractivity contribution in [3.8, 4) is 0 Å². The van der Waals surface area contributed by atoms with Gasteiger partial charge in [-0.1, -0.05) is 33.8 Å². The number of thiophene rings is 1. The van der Waals surface area contributed by atoms with E-state index in [-0.39, 0.29) is 28.2 Å². The highest BCUT2D eigenvalue weighted by Gasteiger charge is 2.65. The van der Waals surface area contributed by atoms with Gasteiger partial charge in [0.2, 0.25) is 5.60 Å². The first-order valence-electron chi connectivity index (χ1n) is 9.11. The number of rotatable bonds is 1. The van der Waals surface area contributed by atoms with Crippen LogP contribution >= 0.6 is 11.3 Å². The summed E-state index contributed by atoms with van der Waals surface area (Å²) in [5.74, 6) is -0.380. The third-order valence-electron chi connectivity index (χ3n) is 5.79. The zero-order valence-electron chi connectivity index (χ0n) is 15.7. The molecule has 0 amide bonds. The van der Waals surface area contributed by atoms with Crippen LogP contribution in [0.5, 0.6) is 0 Å². The van der Waals surface area contributed by atoms with E-state index in [2.05, 4.69) is 0 Å². The lowest BCUT2D eigenvalue weighted by atomic mass is 9.63. The molecule has 0 aromatic carbocycles. The van der Waals surface area contributed by atoms with E-state index < -0.39 is 11.5 Å². The number of ether oxygens (including phenoxy) is 1. The smallest absolute Gasteiger partial charge is 0.235 e. The van der Waals surface area contributed by atoms with Crippen molar-refractivity contribution in [2.24, 2.45) is 10.8 Å². The van der Waals surface area contributed by atoms with Crippen LogP contribution in [-0.2, 0) is 19.1 Å². The molecule has 138 valence electrons. The Morgan fingerprint density at radius 2 is 1.58 bits per heavy atom. The van der Waals surface area contributed by atoms with E-state index in [1.807, 2.05) is 45.2 Å². The van der Waals surface area contributed by atoms with E-state index in [0.29, 0.717) is 37.0 Å². The number of hydrogen-bond donors (Lipinski definition) is 0. The van der Waals surface area contributed by atoms with Crippen LogP contribution in [0.4, 0.5) is 0 Å². The van der Waals surface area contributed by atoms with Crippen LogP contribution in [0.3, 0.4) is 0 Å². The van der Waals surface area contributed by atoms with Crippen molar-refractivity contribution >= 4 is 28.7 Å². The lowest BCUT2D eigenvalue weighted by Crippen LogP contribution is -2.56. The maximum atomic E-state index is 13.3. The number of Topliss-reactive ketones (excluding diaryl/α,β-unsaturated/α-hetero) is 3. The summed E-state index contributed by atoms with van der Waals surface area (Å²) in [4.78, 5) is 40.4. The van der Waals surface area contributed by atoms with Gasteiger partial charge in [0.1, 0.15) is 5.76 Å². The molecule has 0 saturated heterocycles. The molecule has 1 aromatic rings. The minimum Gasteiger partial charge on any atom is -0.474 e. The predicted octanol–water partition coefficient (Wildman–Crippen LogP) is 4.20. The molecule has 0 N–H and O–H groups in total. The van der Waals surface area contributed by atoms with Gasteiger partial charge in [-0.3, -0.25) is 14.4 Å². The van der Waals surface area contributed by atoms with Gasteiger partial charge in [0.05, 0.1) is 5.92 Å². The Hall–Kier alpha value is -1.75. The first kappa shape index (κ1) is 17.7. The fraction of sp³-hybridized carbons (Fsp3) is 0.571. The Balaban J connectivity index is 1.89. The lowest BCUT2D eigenvalue weighted by molar-refractivity contribution is -0.160. The Kier molecular flexibility index (Phi) is 3.65. The van der Waals surface area contributed by atoms with Crippen LogP contribution in [0.2, 0.25) is 0 Å². The van der Waals surface area contributed by atoms with Gasteiger partial charge in [-0.25, -0.2) is 0 Å². The van der Waals surface area contributed by atoms with E-state index in [1.165, 1.54) is 11.3 Å². The maximum absolute atomic E-state index is 13.3. The molecule has 1 fully saturated rings. The van der Waals surface area contributed by atoms with Crippen molar-refractivity contribution in [1.29, 1.82) is 0 Å². The van der Waals surface area contributed by atoms with Gasteiger partial charge in [0, 0.05) is 36.1 Å². The van der Waals surface area contributed by atoms with Crippen molar-refractivity contribution in [3.05, 3.63) is 33.7 Å². The molecule has 1 aliphatic heterocycles. The summed E-state index contributed by atoms with van der Waals surface area (Å²) >= 11 is 1.48. The summed E-state index contributed by atoms with van der Waals surface area (Å²) in [5, 5.41) is 1.92. The molecule has 2 heterocycles. The van der Waals surface area contributed by atoms with Crippen molar-refractivity contribution in [2.45, 2.75) is 64.9 Å². The predicted molar refractivity (Wildman–Crippen MR) is 99.0 cm³/mol. The summed E-state index contributed by atoms with van der Waals surface area (Å²) in [5.41, 5.74) is -1.56. The van der Waals surface area contributed by atoms with Crippen LogP contribution in [0.25, 0.3) is 0 Å². The largest absolute Gasteiger partial charge is 0.474 e. The minimum atomic E-state index is -1.54. The first-order chi connectivity index (χ1) is 12.1. The second-order valence-electron chi connectivity index (χ2n) is 9.43. The normalized spacial score (nSPS) is 29.1. The summed E-state index contributed by atoms with van der Waals surface area (Å²) in [6, 6.07) is 3.80. The number of carbonyl (C=O) groups excluding carboxylic acids is 3. The van der Waals surface area contributed by atoms with E-state index in [4.69, 9.17) is 4.74 Å². The summed E-state index contributed by atoms with van der Waals surface area (Å²) < 4.78 is 6.22. The average molecular weight is 372 g/mol. The topological polar surface area (TPSA) is 60.4 Å². The first-order valence-corrected chi connectivity index (χ1v) is 9.99. The van der Waals surface area contributed by atoms with Crippen molar-refractivity contribution in [1.82, 2.24) is 0 Å². The SMILES string of the molecule is CC1(C)CC(=O)C2(OC3=C(C(=O)CC(C)(C)C3)[C@@H]2c2cccs2)C(=O)C1. The van der Waals surface area contributed by atoms with Crippen LogP contribution in [0.1, 0.15) is 64.2 Å². The van der Waals surface area contributed by atoms with Gasteiger partial charge in [0.25, 0.3) is 0 Å². The molecular formula is C21H24O4S. The van der Waals surface area contributed by atoms with Gasteiger partial charge >= 0.3 is 0 Å². The zero-order chi connectivity index (χ0) is 18.9. The molecule has 3 aliphatic rings. The zero-order valence-corrected chi connectivity index (χ0v) is 16.5. The minimum absolute atomic E-state index is 0.0111. The molecule has 0 bridgehead atoms. The number of allylic oxidation sites excluding steroid dienone is 1. The lowest BCUT2D eigenvalue weighted by Gasteiger charge is -2.41. The van der Waals surface area contributed by atoms with Gasteiger partial charge in [-0.2, -0.15) is 0 Å². The highest BCUT2D eigenvalue weighted by atomic mass is 32.1. The van der Waals surface area contributed by atoms with Crippen LogP contribution in [-0.4, -0.2) is 23.0 Å². The monoisotopic (exact) mass is 372 g/mol. The number of hydrogen-bond acceptors (Lipinski definition) is 5. The second-order valence-corrected chi connectivity index (χ2v) is 10.4. The van der Waals surface area contributed by atoms with E-state index in [0.717, 1.165) is 4.88 Å². The molecule has 1 aromatic heterocycles. The molecule has 0 unspecified atom stereocenters. The van der Waals surface area contributed by atoms with Gasteiger partial charge in [-0.15, -0.1) is 11.3 Å². The average Bonchev–Trinajstić information content (AvgIpc) is 3.08. The number of carbonyl (C=O) groups is 3. The maximum Gasteiger partial charge on any atom is 0.235 e. The second kappa shape index (κ2) is 5.38. The third kappa shape index (κ3) is 2.43. The number of ketones is 3. The van der Waals surface area contributed by atoms with Gasteiger partial charge in [-0.05, 0) is 22.3 Å². The van der Waals surface area contributed by atoms with Crippen LogP contribution < -0.4 is 0 Å². The molecule has 4 rings (SSSR count). The molecule has 4 nitrogen and oxygen atoms in total. The summed E-state index contributed by atoms with van der Waals surface area (Å²) in [7, 11) is 0. The Morgan fingerprint density at radius 3 is 2.15 bits per heavy atom. The van der Waals surface area contributed by atoms with Crippen molar-refractivity contribution in [2.75, 3.05) is 0 Å². The van der Waals surface area contributed by atoms with E-state index >= 15 is 0 Å². The molecular weight excluding hydrogens is 348 g/mol. The van der Waals surface area contributed by atoms with E-state index in [9.17, 15) is 14.4 Å². The van der Waals surface area contributed by atoms with Gasteiger partial charge < -0.3 is 4.74 Å². The Morgan fingerprint density at radius 1 is 0.962 bits per heavy atom. The highest BCUT2D eigenvalue weighted by molar-refractivity contribution is 7.10. The molecule has 26 heavy (non-hydrogen) atoms. The Bertz CT molecular complexity index is 821. The van der Waals surface area contributed by atoms with Crippen molar-refractivity contribution in [3.63, 3.8) is 0 Å². The third-order valence-corrected chi connectivity index (χ3v) is 6.73. The van der Waals surface area contributed by atoms with E-state index in [1.54, 1.807) is 0 Å². The summed E-state index contributed by atoms with van der Waals surface area (Å²) in [6.07, 6.45) is 1.58. The standard InChI is InChI=1S/C21H24O4S/c1-19(2)8-12(22)17-13(9-19)25-21(18(17)14-6-5-7-26-14)15(23)10-20(3,4)11-16(21)24/h5-7,18H,8-11H2,1-4H3/t18-/m0/s1. The van der Waals surface area contributed by atoms with Crippen molar-refractivity contribution < 1.29 is 19.1 Å².